The number of imidazole rings is 1. The third kappa shape index (κ3) is 3.10. The Labute approximate surface area is 153 Å². The van der Waals surface area contributed by atoms with Gasteiger partial charge in [0, 0.05) is 18.7 Å². The summed E-state index contributed by atoms with van der Waals surface area (Å²) in [5, 5.41) is 0. The summed E-state index contributed by atoms with van der Waals surface area (Å²) in [6.45, 7) is 7.01. The zero-order valence-electron chi connectivity index (χ0n) is 15.2. The minimum Gasteiger partial charge on any atom is -0.378 e. The Hall–Kier alpha value is -2.66. The summed E-state index contributed by atoms with van der Waals surface area (Å²) in [6.07, 6.45) is 0. The average molecular weight is 349 g/mol. The third-order valence-corrected chi connectivity index (χ3v) is 4.93. The van der Waals surface area contributed by atoms with Crippen molar-refractivity contribution in [1.29, 1.82) is 0 Å². The molecule has 0 bridgehead atoms. The first-order chi connectivity index (χ1) is 12.6. The molecule has 0 radical (unpaired) electrons. The van der Waals surface area contributed by atoms with Crippen LogP contribution in [0.25, 0.3) is 22.4 Å². The lowest BCUT2D eigenvalue weighted by atomic mass is 10.1. The molecule has 0 unspecified atom stereocenters. The molecule has 1 aliphatic rings. The molecule has 1 aliphatic heterocycles. The molecular weight excluding hydrogens is 326 g/mol. The molecule has 5 heteroatoms. The molecule has 1 amide bonds. The van der Waals surface area contributed by atoms with Crippen molar-refractivity contribution in [3.63, 3.8) is 0 Å². The summed E-state index contributed by atoms with van der Waals surface area (Å²) in [7, 11) is 0. The normalized spacial score (nSPS) is 14.8. The van der Waals surface area contributed by atoms with Crippen molar-refractivity contribution in [3.05, 3.63) is 53.6 Å². The van der Waals surface area contributed by atoms with Crippen LogP contribution in [0.15, 0.2) is 42.5 Å². The van der Waals surface area contributed by atoms with Crippen LogP contribution >= 0.6 is 0 Å². The van der Waals surface area contributed by atoms with E-state index in [0.717, 1.165) is 22.4 Å². The first-order valence-corrected chi connectivity index (χ1v) is 9.02. The van der Waals surface area contributed by atoms with Crippen molar-refractivity contribution in [2.45, 2.75) is 20.4 Å². The lowest BCUT2D eigenvalue weighted by Crippen LogP contribution is -2.42. The van der Waals surface area contributed by atoms with E-state index in [2.05, 4.69) is 32.0 Å². The van der Waals surface area contributed by atoms with E-state index < -0.39 is 0 Å². The highest BCUT2D eigenvalue weighted by atomic mass is 16.5. The van der Waals surface area contributed by atoms with Crippen molar-refractivity contribution >= 4 is 16.9 Å². The first kappa shape index (κ1) is 16.8. The van der Waals surface area contributed by atoms with Crippen molar-refractivity contribution in [2.75, 3.05) is 26.3 Å². The highest BCUT2D eigenvalue weighted by Gasteiger charge is 2.21. The van der Waals surface area contributed by atoms with Gasteiger partial charge in [0.15, 0.2) is 0 Å². The molecule has 0 aliphatic carbocycles. The largest absolute Gasteiger partial charge is 0.378 e. The maximum absolute atomic E-state index is 12.9. The predicted molar refractivity (Wildman–Crippen MR) is 102 cm³/mol. The number of ether oxygens (including phenoxy) is 1. The molecule has 3 aromatic rings. The van der Waals surface area contributed by atoms with Crippen LogP contribution in [0.5, 0.6) is 0 Å². The van der Waals surface area contributed by atoms with Crippen molar-refractivity contribution in [2.24, 2.45) is 0 Å². The van der Waals surface area contributed by atoms with Gasteiger partial charge in [0.05, 0.1) is 24.2 Å². The van der Waals surface area contributed by atoms with Crippen LogP contribution in [-0.4, -0.2) is 46.7 Å². The molecule has 1 saturated heterocycles. The highest BCUT2D eigenvalue weighted by molar-refractivity contribution is 5.85. The Bertz CT molecular complexity index is 955. The number of fused-ring (bicyclic) bond motifs is 1. The number of rotatable bonds is 3. The molecule has 134 valence electrons. The molecule has 2 heterocycles. The highest BCUT2D eigenvalue weighted by Crippen LogP contribution is 2.28. The summed E-state index contributed by atoms with van der Waals surface area (Å²) >= 11 is 0. The number of hydrogen-bond donors (Lipinski definition) is 0. The van der Waals surface area contributed by atoms with Crippen LogP contribution in [-0.2, 0) is 16.1 Å². The standard InChI is InChI=1S/C21H23N3O2/c1-15-7-8-17(16(2)13-15)21-22-18-5-3-4-6-19(18)24(21)14-20(25)23-9-11-26-12-10-23/h3-8,13H,9-12,14H2,1-2H3. The van der Waals surface area contributed by atoms with Crippen LogP contribution in [0, 0.1) is 13.8 Å². The zero-order valence-corrected chi connectivity index (χ0v) is 15.2. The van der Waals surface area contributed by atoms with E-state index in [9.17, 15) is 4.79 Å². The average Bonchev–Trinajstić information content (AvgIpc) is 3.01. The molecule has 0 atom stereocenters. The van der Waals surface area contributed by atoms with Crippen molar-refractivity contribution < 1.29 is 9.53 Å². The Morgan fingerprint density at radius 1 is 1.12 bits per heavy atom. The van der Waals surface area contributed by atoms with Crippen LogP contribution in [0.1, 0.15) is 11.1 Å². The maximum atomic E-state index is 12.9. The molecule has 1 aromatic heterocycles. The van der Waals surface area contributed by atoms with Crippen LogP contribution in [0.3, 0.4) is 0 Å². The van der Waals surface area contributed by atoms with Gasteiger partial charge in [-0.25, -0.2) is 4.98 Å². The van der Waals surface area contributed by atoms with E-state index in [1.807, 2.05) is 33.7 Å². The summed E-state index contributed by atoms with van der Waals surface area (Å²) in [5.74, 6) is 0.966. The number of benzene rings is 2. The summed E-state index contributed by atoms with van der Waals surface area (Å²) in [5.41, 5.74) is 5.36. The fourth-order valence-electron chi connectivity index (χ4n) is 3.55. The molecule has 0 saturated carbocycles. The molecule has 1 fully saturated rings. The number of aryl methyl sites for hydroxylation is 2. The van der Waals surface area contributed by atoms with Crippen molar-refractivity contribution in [1.82, 2.24) is 14.5 Å². The van der Waals surface area contributed by atoms with E-state index in [4.69, 9.17) is 9.72 Å². The lowest BCUT2D eigenvalue weighted by molar-refractivity contribution is -0.135. The van der Waals surface area contributed by atoms with Gasteiger partial charge < -0.3 is 14.2 Å². The number of amides is 1. The lowest BCUT2D eigenvalue weighted by Gasteiger charge is -2.27. The Balaban J connectivity index is 1.78. The third-order valence-electron chi connectivity index (χ3n) is 4.93. The first-order valence-electron chi connectivity index (χ1n) is 9.02. The summed E-state index contributed by atoms with van der Waals surface area (Å²) in [4.78, 5) is 19.6. The minimum atomic E-state index is 0.113. The summed E-state index contributed by atoms with van der Waals surface area (Å²) < 4.78 is 7.41. The predicted octanol–water partition coefficient (Wildman–Crippen LogP) is 3.18. The van der Waals surface area contributed by atoms with Gasteiger partial charge in [0.2, 0.25) is 5.91 Å². The number of hydrogen-bond acceptors (Lipinski definition) is 3. The SMILES string of the molecule is Cc1ccc(-c2nc3ccccc3n2CC(=O)N2CCOCC2)c(C)c1. The second-order valence-electron chi connectivity index (χ2n) is 6.82. The molecule has 4 rings (SSSR count). The van der Waals surface area contributed by atoms with Crippen LogP contribution < -0.4 is 0 Å². The van der Waals surface area contributed by atoms with Gasteiger partial charge in [-0.05, 0) is 31.5 Å². The molecule has 5 nitrogen and oxygen atoms in total. The monoisotopic (exact) mass is 349 g/mol. The van der Waals surface area contributed by atoms with Gasteiger partial charge in [0.1, 0.15) is 12.4 Å². The van der Waals surface area contributed by atoms with Gasteiger partial charge in [-0.1, -0.05) is 35.9 Å². The van der Waals surface area contributed by atoms with Crippen LogP contribution in [0.4, 0.5) is 0 Å². The maximum Gasteiger partial charge on any atom is 0.242 e. The van der Waals surface area contributed by atoms with E-state index in [1.54, 1.807) is 0 Å². The number of aromatic nitrogens is 2. The van der Waals surface area contributed by atoms with E-state index in [1.165, 1.54) is 11.1 Å². The summed E-state index contributed by atoms with van der Waals surface area (Å²) in [6, 6.07) is 14.3. The fourth-order valence-corrected chi connectivity index (χ4v) is 3.55. The smallest absolute Gasteiger partial charge is 0.242 e. The Morgan fingerprint density at radius 2 is 1.88 bits per heavy atom. The Kier molecular flexibility index (Phi) is 4.47. The molecule has 26 heavy (non-hydrogen) atoms. The molecule has 0 N–H and O–H groups in total. The number of carbonyl (C=O) groups is 1. The zero-order chi connectivity index (χ0) is 18.1. The number of morpholine rings is 1. The van der Waals surface area contributed by atoms with E-state index in [0.29, 0.717) is 32.8 Å². The van der Waals surface area contributed by atoms with E-state index in [-0.39, 0.29) is 5.91 Å². The quantitative estimate of drug-likeness (QED) is 0.730. The number of nitrogens with zero attached hydrogens (tertiary/aromatic N) is 3. The fraction of sp³-hybridized carbons (Fsp3) is 0.333. The molecule has 0 spiro atoms. The molecular formula is C21H23N3O2. The van der Waals surface area contributed by atoms with Crippen molar-refractivity contribution in [3.8, 4) is 11.4 Å². The van der Waals surface area contributed by atoms with Gasteiger partial charge in [-0.15, -0.1) is 0 Å². The number of carbonyl (C=O) groups excluding carboxylic acids is 1. The minimum absolute atomic E-state index is 0.113. The van der Waals surface area contributed by atoms with Crippen LogP contribution in [0.2, 0.25) is 0 Å². The molecule has 2 aromatic carbocycles. The van der Waals surface area contributed by atoms with Gasteiger partial charge in [-0.3, -0.25) is 4.79 Å². The number of para-hydroxylation sites is 2. The second-order valence-corrected chi connectivity index (χ2v) is 6.82. The second kappa shape index (κ2) is 6.92. The van der Waals surface area contributed by atoms with Gasteiger partial charge in [0.25, 0.3) is 0 Å². The van der Waals surface area contributed by atoms with Gasteiger partial charge in [-0.2, -0.15) is 0 Å². The topological polar surface area (TPSA) is 47.4 Å². The van der Waals surface area contributed by atoms with E-state index >= 15 is 0 Å². The Morgan fingerprint density at radius 3 is 2.65 bits per heavy atom. The van der Waals surface area contributed by atoms with Gasteiger partial charge >= 0.3 is 0 Å².